The van der Waals surface area contributed by atoms with Crippen molar-refractivity contribution in [3.63, 3.8) is 0 Å². The summed E-state index contributed by atoms with van der Waals surface area (Å²) >= 11 is 0. The quantitative estimate of drug-likeness (QED) is 0.770. The molecule has 4 atom stereocenters. The van der Waals surface area contributed by atoms with Gasteiger partial charge in [-0.25, -0.2) is 0 Å². The molecule has 4 unspecified atom stereocenters. The molecule has 0 bridgehead atoms. The summed E-state index contributed by atoms with van der Waals surface area (Å²) in [6.07, 6.45) is 7.11. The van der Waals surface area contributed by atoms with E-state index < -0.39 is 0 Å². The van der Waals surface area contributed by atoms with Crippen LogP contribution in [0.2, 0.25) is 0 Å². The number of nitrogens with zero attached hydrogens (tertiary/aromatic N) is 1. The predicted molar refractivity (Wildman–Crippen MR) is 76.7 cm³/mol. The van der Waals surface area contributed by atoms with Crippen LogP contribution in [0.3, 0.4) is 0 Å². The van der Waals surface area contributed by atoms with Gasteiger partial charge in [-0.3, -0.25) is 4.90 Å². The molecule has 3 rings (SSSR count). The van der Waals surface area contributed by atoms with Gasteiger partial charge >= 0.3 is 0 Å². The van der Waals surface area contributed by atoms with Crippen molar-refractivity contribution in [1.82, 2.24) is 10.2 Å². The van der Waals surface area contributed by atoms with Crippen molar-refractivity contribution in [2.75, 3.05) is 19.6 Å². The van der Waals surface area contributed by atoms with Crippen LogP contribution in [0.15, 0.2) is 0 Å². The van der Waals surface area contributed by atoms with E-state index >= 15 is 0 Å². The number of rotatable bonds is 1. The highest BCUT2D eigenvalue weighted by atomic mass is 15.2. The van der Waals surface area contributed by atoms with Gasteiger partial charge in [-0.15, -0.1) is 0 Å². The average molecular weight is 250 g/mol. The minimum atomic E-state index is 0.584. The van der Waals surface area contributed by atoms with Crippen molar-refractivity contribution in [2.24, 2.45) is 17.3 Å². The lowest BCUT2D eigenvalue weighted by Gasteiger charge is -2.43. The van der Waals surface area contributed by atoms with Gasteiger partial charge in [-0.1, -0.05) is 20.8 Å². The van der Waals surface area contributed by atoms with Gasteiger partial charge in [0, 0.05) is 25.2 Å². The molecule has 0 amide bonds. The van der Waals surface area contributed by atoms with E-state index in [1.54, 1.807) is 0 Å². The SMILES string of the molecule is CC1CC(C)(C)CCC1N1CC2CCCNC2C1. The monoisotopic (exact) mass is 250 g/mol. The molecule has 2 saturated heterocycles. The molecule has 104 valence electrons. The second kappa shape index (κ2) is 4.79. The predicted octanol–water partition coefficient (Wildman–Crippen LogP) is 2.89. The molecule has 1 saturated carbocycles. The smallest absolute Gasteiger partial charge is 0.0235 e. The normalized spacial score (nSPS) is 44.8. The zero-order valence-corrected chi connectivity index (χ0v) is 12.4. The maximum atomic E-state index is 3.74. The third kappa shape index (κ3) is 2.46. The summed E-state index contributed by atoms with van der Waals surface area (Å²) in [5, 5.41) is 3.74. The second-order valence-electron chi connectivity index (χ2n) is 7.87. The van der Waals surface area contributed by atoms with Crippen molar-refractivity contribution in [3.8, 4) is 0 Å². The number of nitrogens with one attached hydrogen (secondary N) is 1. The summed E-state index contributed by atoms with van der Waals surface area (Å²) in [5.74, 6) is 1.83. The highest BCUT2D eigenvalue weighted by Gasteiger charge is 2.41. The van der Waals surface area contributed by atoms with Crippen LogP contribution < -0.4 is 5.32 Å². The third-order valence-corrected chi connectivity index (χ3v) is 5.74. The van der Waals surface area contributed by atoms with Crippen molar-refractivity contribution in [3.05, 3.63) is 0 Å². The Balaban J connectivity index is 1.62. The van der Waals surface area contributed by atoms with Crippen LogP contribution in [0, 0.1) is 17.3 Å². The molecule has 18 heavy (non-hydrogen) atoms. The molecule has 0 aromatic rings. The molecule has 2 heterocycles. The lowest BCUT2D eigenvalue weighted by molar-refractivity contribution is 0.0726. The minimum absolute atomic E-state index is 0.584. The van der Waals surface area contributed by atoms with Gasteiger partial charge < -0.3 is 5.32 Å². The lowest BCUT2D eigenvalue weighted by atomic mass is 9.70. The van der Waals surface area contributed by atoms with Gasteiger partial charge in [0.05, 0.1) is 0 Å². The zero-order valence-electron chi connectivity index (χ0n) is 12.4. The summed E-state index contributed by atoms with van der Waals surface area (Å²) in [5.41, 5.74) is 0.584. The fraction of sp³-hybridized carbons (Fsp3) is 1.00. The standard InChI is InChI=1S/C16H30N2/c1-12-9-16(2,3)7-6-15(12)18-10-13-5-4-8-17-14(13)11-18/h12-15,17H,4-11H2,1-3H3. The molecule has 0 radical (unpaired) electrons. The van der Waals surface area contributed by atoms with Crippen molar-refractivity contribution in [2.45, 2.75) is 65.0 Å². The van der Waals surface area contributed by atoms with E-state index in [0.29, 0.717) is 5.41 Å². The Bertz CT molecular complexity index is 285. The maximum Gasteiger partial charge on any atom is 0.0235 e. The highest BCUT2D eigenvalue weighted by molar-refractivity contribution is 4.97. The van der Waals surface area contributed by atoms with Crippen molar-refractivity contribution < 1.29 is 0 Å². The Kier molecular flexibility index (Phi) is 3.44. The topological polar surface area (TPSA) is 15.3 Å². The van der Waals surface area contributed by atoms with Gasteiger partial charge in [0.25, 0.3) is 0 Å². The van der Waals surface area contributed by atoms with E-state index in [-0.39, 0.29) is 0 Å². The molecule has 1 N–H and O–H groups in total. The summed E-state index contributed by atoms with van der Waals surface area (Å²) in [6, 6.07) is 1.67. The number of hydrogen-bond acceptors (Lipinski definition) is 2. The Morgan fingerprint density at radius 2 is 2.00 bits per heavy atom. The number of likely N-dealkylation sites (tertiary alicyclic amines) is 1. The molecule has 0 spiro atoms. The molecule has 1 aliphatic carbocycles. The van der Waals surface area contributed by atoms with E-state index in [2.05, 4.69) is 31.0 Å². The van der Waals surface area contributed by atoms with E-state index in [1.807, 2.05) is 0 Å². The zero-order chi connectivity index (χ0) is 12.8. The highest BCUT2D eigenvalue weighted by Crippen LogP contribution is 2.42. The van der Waals surface area contributed by atoms with Crippen LogP contribution in [0.1, 0.15) is 52.9 Å². The largest absolute Gasteiger partial charge is 0.312 e. The van der Waals surface area contributed by atoms with Gasteiger partial charge in [0.2, 0.25) is 0 Å². The van der Waals surface area contributed by atoms with Crippen LogP contribution in [0.25, 0.3) is 0 Å². The molecule has 2 heteroatoms. The van der Waals surface area contributed by atoms with Gasteiger partial charge in [0.15, 0.2) is 0 Å². The maximum absolute atomic E-state index is 3.74. The summed E-state index contributed by atoms with van der Waals surface area (Å²) in [6.45, 7) is 11.3. The van der Waals surface area contributed by atoms with Crippen molar-refractivity contribution in [1.29, 1.82) is 0 Å². The Labute approximate surface area is 113 Å². The fourth-order valence-corrected chi connectivity index (χ4v) is 4.83. The molecule has 3 aliphatic rings. The molecular weight excluding hydrogens is 220 g/mol. The van der Waals surface area contributed by atoms with Crippen LogP contribution in [-0.2, 0) is 0 Å². The summed E-state index contributed by atoms with van der Waals surface area (Å²) < 4.78 is 0. The van der Waals surface area contributed by atoms with Gasteiger partial charge in [-0.2, -0.15) is 0 Å². The van der Waals surface area contributed by atoms with Gasteiger partial charge in [-0.05, 0) is 55.9 Å². The lowest BCUT2D eigenvalue weighted by Crippen LogP contribution is -2.45. The van der Waals surface area contributed by atoms with E-state index in [0.717, 1.165) is 23.9 Å². The van der Waals surface area contributed by atoms with Crippen molar-refractivity contribution >= 4 is 0 Å². The Morgan fingerprint density at radius 1 is 1.17 bits per heavy atom. The number of fused-ring (bicyclic) bond motifs is 1. The molecule has 3 fully saturated rings. The van der Waals surface area contributed by atoms with Crippen LogP contribution >= 0.6 is 0 Å². The molecule has 2 aliphatic heterocycles. The number of hydrogen-bond donors (Lipinski definition) is 1. The first-order valence-electron chi connectivity index (χ1n) is 8.03. The Hall–Kier alpha value is -0.0800. The van der Waals surface area contributed by atoms with E-state index in [9.17, 15) is 0 Å². The van der Waals surface area contributed by atoms with Crippen LogP contribution in [0.5, 0.6) is 0 Å². The van der Waals surface area contributed by atoms with E-state index in [1.165, 1.54) is 51.7 Å². The van der Waals surface area contributed by atoms with Gasteiger partial charge in [0.1, 0.15) is 0 Å². The first-order chi connectivity index (χ1) is 8.55. The minimum Gasteiger partial charge on any atom is -0.312 e. The van der Waals surface area contributed by atoms with Crippen LogP contribution in [-0.4, -0.2) is 36.6 Å². The molecule has 0 aromatic carbocycles. The molecule has 2 nitrogen and oxygen atoms in total. The summed E-state index contributed by atoms with van der Waals surface area (Å²) in [4.78, 5) is 2.83. The first kappa shape index (κ1) is 12.9. The summed E-state index contributed by atoms with van der Waals surface area (Å²) in [7, 11) is 0. The second-order valence-corrected chi connectivity index (χ2v) is 7.87. The fourth-order valence-electron chi connectivity index (χ4n) is 4.83. The Morgan fingerprint density at radius 3 is 2.72 bits per heavy atom. The first-order valence-corrected chi connectivity index (χ1v) is 8.03. The molecular formula is C16H30N2. The number of piperidine rings is 1. The van der Waals surface area contributed by atoms with E-state index in [4.69, 9.17) is 0 Å². The molecule has 0 aromatic heterocycles. The average Bonchev–Trinajstić information content (AvgIpc) is 2.70. The van der Waals surface area contributed by atoms with Crippen LogP contribution in [0.4, 0.5) is 0 Å². The third-order valence-electron chi connectivity index (χ3n) is 5.74.